The molecule has 0 fully saturated rings. The van der Waals surface area contributed by atoms with Crippen LogP contribution < -0.4 is 0 Å². The summed E-state index contributed by atoms with van der Waals surface area (Å²) < 4.78 is 9.26. The van der Waals surface area contributed by atoms with Gasteiger partial charge in [0, 0.05) is 5.41 Å². The molecular weight excluding hydrogens is 240 g/mol. The van der Waals surface area contributed by atoms with Gasteiger partial charge in [0.1, 0.15) is 0 Å². The number of aliphatic hydroxyl groups excluding tert-OH is 1. The van der Waals surface area contributed by atoms with Gasteiger partial charge in [0.05, 0.1) is 18.5 Å². The van der Waals surface area contributed by atoms with Gasteiger partial charge in [-0.1, -0.05) is 11.8 Å². The number of ether oxygens (including phenoxy) is 2. The molecule has 1 heterocycles. The standard InChI is InChI=1S/C8H8O5S2/c1-12-6(10)5(7(11)13-2)8-14-3-4(9)15-8/h3,9H,1-2H3. The Labute approximate surface area is 94.5 Å². The summed E-state index contributed by atoms with van der Waals surface area (Å²) in [5.74, 6) is -1.56. The van der Waals surface area contributed by atoms with Crippen molar-refractivity contribution in [3.63, 3.8) is 0 Å². The van der Waals surface area contributed by atoms with Crippen LogP contribution in [-0.2, 0) is 19.1 Å². The highest BCUT2D eigenvalue weighted by Crippen LogP contribution is 2.44. The van der Waals surface area contributed by atoms with E-state index in [1.54, 1.807) is 0 Å². The van der Waals surface area contributed by atoms with E-state index >= 15 is 0 Å². The molecule has 1 rings (SSSR count). The molecule has 0 bridgehead atoms. The molecule has 15 heavy (non-hydrogen) atoms. The maximum atomic E-state index is 11.3. The molecule has 0 radical (unpaired) electrons. The van der Waals surface area contributed by atoms with Crippen LogP contribution in [-0.4, -0.2) is 31.3 Å². The van der Waals surface area contributed by atoms with Crippen LogP contribution in [0.4, 0.5) is 0 Å². The summed E-state index contributed by atoms with van der Waals surface area (Å²) in [6, 6.07) is 0. The van der Waals surface area contributed by atoms with E-state index in [2.05, 4.69) is 9.47 Å². The Balaban J connectivity index is 3.01. The van der Waals surface area contributed by atoms with E-state index in [0.717, 1.165) is 23.5 Å². The average molecular weight is 248 g/mol. The van der Waals surface area contributed by atoms with Gasteiger partial charge in [0.2, 0.25) is 0 Å². The van der Waals surface area contributed by atoms with E-state index < -0.39 is 11.9 Å². The van der Waals surface area contributed by atoms with Gasteiger partial charge in [0.15, 0.2) is 10.7 Å². The summed E-state index contributed by atoms with van der Waals surface area (Å²) in [5, 5.41) is 10.6. The lowest BCUT2D eigenvalue weighted by atomic mass is 10.3. The molecule has 0 aromatic rings. The highest BCUT2D eigenvalue weighted by atomic mass is 32.2. The third-order valence-corrected chi connectivity index (χ3v) is 3.61. The van der Waals surface area contributed by atoms with Gasteiger partial charge < -0.3 is 14.6 Å². The second-order valence-electron chi connectivity index (χ2n) is 2.32. The number of rotatable bonds is 2. The van der Waals surface area contributed by atoms with E-state index in [-0.39, 0.29) is 10.7 Å². The van der Waals surface area contributed by atoms with Crippen molar-refractivity contribution in [1.82, 2.24) is 0 Å². The molecule has 1 N–H and O–H groups in total. The van der Waals surface area contributed by atoms with Crippen LogP contribution >= 0.6 is 23.5 Å². The number of aliphatic hydroxyl groups is 1. The van der Waals surface area contributed by atoms with Crippen LogP contribution in [0.1, 0.15) is 0 Å². The van der Waals surface area contributed by atoms with Crippen molar-refractivity contribution < 1.29 is 24.2 Å². The molecule has 1 aliphatic heterocycles. The maximum absolute atomic E-state index is 11.3. The second-order valence-corrected chi connectivity index (χ2v) is 4.49. The monoisotopic (exact) mass is 248 g/mol. The number of thioether (sulfide) groups is 2. The van der Waals surface area contributed by atoms with Crippen molar-refractivity contribution in [3.05, 3.63) is 20.3 Å². The Morgan fingerprint density at radius 3 is 2.13 bits per heavy atom. The Morgan fingerprint density at radius 1 is 1.27 bits per heavy atom. The van der Waals surface area contributed by atoms with Crippen molar-refractivity contribution in [1.29, 1.82) is 0 Å². The van der Waals surface area contributed by atoms with Gasteiger partial charge in [-0.3, -0.25) is 0 Å². The second kappa shape index (κ2) is 5.13. The zero-order valence-electron chi connectivity index (χ0n) is 7.97. The molecule has 82 valence electrons. The van der Waals surface area contributed by atoms with Gasteiger partial charge in [-0.2, -0.15) is 0 Å². The number of hydrogen-bond acceptors (Lipinski definition) is 7. The molecule has 0 saturated heterocycles. The minimum atomic E-state index is -0.778. The van der Waals surface area contributed by atoms with Crippen molar-refractivity contribution in [3.8, 4) is 0 Å². The normalized spacial score (nSPS) is 14.5. The highest BCUT2D eigenvalue weighted by molar-refractivity contribution is 8.28. The first-order chi connectivity index (χ1) is 7.10. The Morgan fingerprint density at radius 2 is 1.80 bits per heavy atom. The van der Waals surface area contributed by atoms with Crippen molar-refractivity contribution in [2.75, 3.05) is 14.2 Å². The topological polar surface area (TPSA) is 72.8 Å². The van der Waals surface area contributed by atoms with Gasteiger partial charge >= 0.3 is 11.9 Å². The van der Waals surface area contributed by atoms with Gasteiger partial charge in [0.25, 0.3) is 0 Å². The fourth-order valence-electron chi connectivity index (χ4n) is 0.811. The molecule has 1 aliphatic rings. The van der Waals surface area contributed by atoms with Gasteiger partial charge in [-0.25, -0.2) is 9.59 Å². The molecule has 0 aromatic carbocycles. The van der Waals surface area contributed by atoms with E-state index in [9.17, 15) is 9.59 Å². The van der Waals surface area contributed by atoms with Crippen molar-refractivity contribution >= 4 is 35.5 Å². The van der Waals surface area contributed by atoms with Crippen LogP contribution in [0.3, 0.4) is 0 Å². The quantitative estimate of drug-likeness (QED) is 0.342. The van der Waals surface area contributed by atoms with E-state index in [1.807, 2.05) is 0 Å². The van der Waals surface area contributed by atoms with E-state index in [4.69, 9.17) is 5.11 Å². The third-order valence-electron chi connectivity index (χ3n) is 1.45. The lowest BCUT2D eigenvalue weighted by molar-refractivity contribution is -0.144. The zero-order chi connectivity index (χ0) is 11.4. The minimum absolute atomic E-state index is 0.0281. The van der Waals surface area contributed by atoms with E-state index in [1.165, 1.54) is 19.6 Å². The molecule has 0 aliphatic carbocycles. The third kappa shape index (κ3) is 2.69. The number of methoxy groups -OCH3 is 2. The van der Waals surface area contributed by atoms with Crippen molar-refractivity contribution in [2.45, 2.75) is 0 Å². The smallest absolute Gasteiger partial charge is 0.347 e. The Hall–Kier alpha value is -1.08. The lowest BCUT2D eigenvalue weighted by Crippen LogP contribution is -2.16. The predicted octanol–water partition coefficient (Wildman–Crippen LogP) is 1.38. The summed E-state index contributed by atoms with van der Waals surface area (Å²) in [7, 11) is 2.34. The molecule has 0 atom stereocenters. The molecule has 5 nitrogen and oxygen atoms in total. The summed E-state index contributed by atoms with van der Waals surface area (Å²) in [6.45, 7) is 0. The molecule has 0 aromatic heterocycles. The summed E-state index contributed by atoms with van der Waals surface area (Å²) >= 11 is 1.99. The number of hydrogen-bond donors (Lipinski definition) is 1. The number of esters is 2. The fourth-order valence-corrected chi connectivity index (χ4v) is 2.69. The highest BCUT2D eigenvalue weighted by Gasteiger charge is 2.28. The fraction of sp³-hybridized carbons (Fsp3) is 0.250. The first kappa shape index (κ1) is 12.0. The molecule has 7 heteroatoms. The first-order valence-corrected chi connectivity index (χ1v) is 5.44. The van der Waals surface area contributed by atoms with Crippen LogP contribution in [0.5, 0.6) is 0 Å². The largest absolute Gasteiger partial charge is 0.501 e. The minimum Gasteiger partial charge on any atom is -0.501 e. The molecule has 0 unspecified atom stereocenters. The lowest BCUT2D eigenvalue weighted by Gasteiger charge is -2.05. The summed E-state index contributed by atoms with van der Waals surface area (Å²) in [6.07, 6.45) is 0. The molecule has 0 amide bonds. The van der Waals surface area contributed by atoms with Crippen molar-refractivity contribution in [2.24, 2.45) is 0 Å². The van der Waals surface area contributed by atoms with Crippen LogP contribution in [0.15, 0.2) is 20.3 Å². The van der Waals surface area contributed by atoms with Crippen LogP contribution in [0.2, 0.25) is 0 Å². The molecular formula is C8H8O5S2. The molecule has 0 spiro atoms. The van der Waals surface area contributed by atoms with E-state index in [0.29, 0.717) is 4.24 Å². The summed E-state index contributed by atoms with van der Waals surface area (Å²) in [4.78, 5) is 22.6. The Bertz CT molecular complexity index is 340. The summed E-state index contributed by atoms with van der Waals surface area (Å²) in [5.41, 5.74) is -0.199. The number of carbonyl (C=O) groups excluding carboxylic acids is 2. The van der Waals surface area contributed by atoms with Gasteiger partial charge in [-0.15, -0.1) is 0 Å². The number of carbonyl (C=O) groups is 2. The van der Waals surface area contributed by atoms with Crippen LogP contribution in [0, 0.1) is 0 Å². The SMILES string of the molecule is COC(=O)C(C(=O)OC)=C1SC=C(O)S1. The maximum Gasteiger partial charge on any atom is 0.347 e. The average Bonchev–Trinajstić information content (AvgIpc) is 2.64. The Kier molecular flexibility index (Phi) is 4.10. The predicted molar refractivity (Wildman–Crippen MR) is 57.0 cm³/mol. The zero-order valence-corrected chi connectivity index (χ0v) is 9.61. The van der Waals surface area contributed by atoms with Crippen LogP contribution in [0.25, 0.3) is 0 Å². The van der Waals surface area contributed by atoms with Gasteiger partial charge in [-0.05, 0) is 11.8 Å². The first-order valence-electron chi connectivity index (χ1n) is 3.74. The molecule has 0 saturated carbocycles.